The molecule has 0 fully saturated rings. The van der Waals surface area contributed by atoms with Crippen molar-refractivity contribution in [2.45, 2.75) is 25.7 Å². The van der Waals surface area contributed by atoms with Crippen molar-refractivity contribution in [3.63, 3.8) is 0 Å². The molecule has 0 nitrogen and oxygen atoms in total. The highest BCUT2D eigenvalue weighted by Gasteiger charge is 2.32. The lowest BCUT2D eigenvalue weighted by Gasteiger charge is -2.36. The summed E-state index contributed by atoms with van der Waals surface area (Å²) in [6, 6.07) is 10.8. The van der Waals surface area contributed by atoms with Crippen molar-refractivity contribution in [2.75, 3.05) is 0 Å². The van der Waals surface area contributed by atoms with Gasteiger partial charge in [-0.15, -0.1) is 0 Å². The van der Waals surface area contributed by atoms with E-state index in [0.717, 1.165) is 6.42 Å². The molecular formula is C15H18. The molecule has 1 unspecified atom stereocenters. The van der Waals surface area contributed by atoms with Gasteiger partial charge in [-0.3, -0.25) is 0 Å². The Morgan fingerprint density at radius 1 is 1.07 bits per heavy atom. The van der Waals surface area contributed by atoms with Gasteiger partial charge in [0.2, 0.25) is 0 Å². The Morgan fingerprint density at radius 2 is 1.80 bits per heavy atom. The molecule has 1 aliphatic rings. The lowest BCUT2D eigenvalue weighted by molar-refractivity contribution is 0.385. The molecule has 0 heterocycles. The van der Waals surface area contributed by atoms with Crippen molar-refractivity contribution in [1.29, 1.82) is 0 Å². The lowest BCUT2D eigenvalue weighted by Crippen LogP contribution is -2.30. The molecule has 0 amide bonds. The van der Waals surface area contributed by atoms with Gasteiger partial charge in [0, 0.05) is 5.41 Å². The summed E-state index contributed by atoms with van der Waals surface area (Å²) in [6.45, 7) is 4.60. The quantitative estimate of drug-likeness (QED) is 0.671. The Balaban J connectivity index is 2.44. The van der Waals surface area contributed by atoms with Crippen molar-refractivity contribution in [3.05, 3.63) is 60.2 Å². The minimum absolute atomic E-state index is 0.204. The monoisotopic (exact) mass is 198 g/mol. The van der Waals surface area contributed by atoms with Gasteiger partial charge in [-0.2, -0.15) is 0 Å². The van der Waals surface area contributed by atoms with E-state index in [9.17, 15) is 0 Å². The third kappa shape index (κ3) is 1.77. The van der Waals surface area contributed by atoms with Crippen molar-refractivity contribution >= 4 is 0 Å². The van der Waals surface area contributed by atoms with Gasteiger partial charge >= 0.3 is 0 Å². The second-order valence-corrected chi connectivity index (χ2v) is 4.55. The van der Waals surface area contributed by atoms with Crippen LogP contribution in [0, 0.1) is 5.92 Å². The highest BCUT2D eigenvalue weighted by Crippen LogP contribution is 2.39. The number of hydrogen-bond acceptors (Lipinski definition) is 0. The molecule has 0 spiro atoms. The van der Waals surface area contributed by atoms with Crippen LogP contribution < -0.4 is 0 Å². The molecule has 0 saturated carbocycles. The van der Waals surface area contributed by atoms with E-state index in [-0.39, 0.29) is 5.41 Å². The SMILES string of the molecule is CC(C)C1(c2ccccc2)C=CC=CC1. The predicted molar refractivity (Wildman–Crippen MR) is 65.9 cm³/mol. The van der Waals surface area contributed by atoms with Crippen LogP contribution in [0.3, 0.4) is 0 Å². The van der Waals surface area contributed by atoms with E-state index >= 15 is 0 Å². The number of allylic oxidation sites excluding steroid dienone is 4. The molecule has 0 saturated heterocycles. The molecule has 0 radical (unpaired) electrons. The first-order valence-corrected chi connectivity index (χ1v) is 5.65. The van der Waals surface area contributed by atoms with Crippen LogP contribution in [-0.4, -0.2) is 0 Å². The molecule has 1 aromatic rings. The van der Waals surface area contributed by atoms with Crippen LogP contribution in [0.2, 0.25) is 0 Å². The topological polar surface area (TPSA) is 0 Å². The Kier molecular flexibility index (Phi) is 2.77. The van der Waals surface area contributed by atoms with Gasteiger partial charge < -0.3 is 0 Å². The summed E-state index contributed by atoms with van der Waals surface area (Å²) in [7, 11) is 0. The second kappa shape index (κ2) is 4.06. The molecule has 1 aliphatic carbocycles. The highest BCUT2D eigenvalue weighted by atomic mass is 14.4. The number of hydrogen-bond donors (Lipinski definition) is 0. The first-order chi connectivity index (χ1) is 7.26. The molecule has 1 aromatic carbocycles. The molecule has 15 heavy (non-hydrogen) atoms. The van der Waals surface area contributed by atoms with Gasteiger partial charge in [0.15, 0.2) is 0 Å². The molecule has 0 heteroatoms. The summed E-state index contributed by atoms with van der Waals surface area (Å²) < 4.78 is 0. The van der Waals surface area contributed by atoms with E-state index in [1.165, 1.54) is 5.56 Å². The molecule has 2 rings (SSSR count). The Bertz CT molecular complexity index is 370. The Labute approximate surface area is 92.3 Å². The third-order valence-corrected chi connectivity index (χ3v) is 3.44. The fourth-order valence-corrected chi connectivity index (χ4v) is 2.36. The number of rotatable bonds is 2. The summed E-state index contributed by atoms with van der Waals surface area (Å²) >= 11 is 0. The second-order valence-electron chi connectivity index (χ2n) is 4.55. The standard InChI is InChI=1S/C15H18/c1-13(2)15(11-7-4-8-12-15)14-9-5-3-6-10-14/h3-11,13H,12H2,1-2H3. The maximum atomic E-state index is 2.35. The summed E-state index contributed by atoms with van der Waals surface area (Å²) in [6.07, 6.45) is 10.1. The predicted octanol–water partition coefficient (Wildman–Crippen LogP) is 4.10. The zero-order valence-corrected chi connectivity index (χ0v) is 9.48. The van der Waals surface area contributed by atoms with Crippen molar-refractivity contribution in [2.24, 2.45) is 5.92 Å². The summed E-state index contributed by atoms with van der Waals surface area (Å²) in [5, 5.41) is 0. The maximum absolute atomic E-state index is 2.35. The van der Waals surface area contributed by atoms with Crippen LogP contribution in [0.4, 0.5) is 0 Å². The Hall–Kier alpha value is -1.30. The summed E-state index contributed by atoms with van der Waals surface area (Å²) in [5.41, 5.74) is 1.64. The molecule has 1 atom stereocenters. The van der Waals surface area contributed by atoms with Crippen LogP contribution in [-0.2, 0) is 5.41 Å². The number of benzene rings is 1. The van der Waals surface area contributed by atoms with Crippen LogP contribution in [0.5, 0.6) is 0 Å². The average molecular weight is 198 g/mol. The average Bonchev–Trinajstić information content (AvgIpc) is 2.31. The summed E-state index contributed by atoms with van der Waals surface area (Å²) in [4.78, 5) is 0. The van der Waals surface area contributed by atoms with Crippen LogP contribution in [0.1, 0.15) is 25.8 Å². The Morgan fingerprint density at radius 3 is 2.33 bits per heavy atom. The molecule has 78 valence electrons. The van der Waals surface area contributed by atoms with Gasteiger partial charge in [0.05, 0.1) is 0 Å². The highest BCUT2D eigenvalue weighted by molar-refractivity contribution is 5.36. The van der Waals surface area contributed by atoms with E-state index in [0.29, 0.717) is 5.92 Å². The van der Waals surface area contributed by atoms with Gasteiger partial charge in [-0.05, 0) is 17.9 Å². The smallest absolute Gasteiger partial charge is 0.0192 e. The van der Waals surface area contributed by atoms with Crippen molar-refractivity contribution in [1.82, 2.24) is 0 Å². The van der Waals surface area contributed by atoms with Gasteiger partial charge in [0.25, 0.3) is 0 Å². The van der Waals surface area contributed by atoms with E-state index in [2.05, 4.69) is 68.5 Å². The lowest BCUT2D eigenvalue weighted by atomic mass is 9.68. The first kappa shape index (κ1) is 10.2. The van der Waals surface area contributed by atoms with Crippen molar-refractivity contribution < 1.29 is 0 Å². The fourth-order valence-electron chi connectivity index (χ4n) is 2.36. The molecule has 0 aliphatic heterocycles. The van der Waals surface area contributed by atoms with Gasteiger partial charge in [0.1, 0.15) is 0 Å². The minimum atomic E-state index is 0.204. The fraction of sp³-hybridized carbons (Fsp3) is 0.333. The first-order valence-electron chi connectivity index (χ1n) is 5.65. The minimum Gasteiger partial charge on any atom is -0.0833 e. The van der Waals surface area contributed by atoms with Crippen LogP contribution >= 0.6 is 0 Å². The van der Waals surface area contributed by atoms with Crippen molar-refractivity contribution in [3.8, 4) is 0 Å². The van der Waals surface area contributed by atoms with Gasteiger partial charge in [-0.25, -0.2) is 0 Å². The zero-order chi connectivity index (χ0) is 10.7. The normalized spacial score (nSPS) is 24.7. The molecular weight excluding hydrogens is 180 g/mol. The largest absolute Gasteiger partial charge is 0.0833 e. The van der Waals surface area contributed by atoms with E-state index < -0.39 is 0 Å². The van der Waals surface area contributed by atoms with Crippen LogP contribution in [0.15, 0.2) is 54.6 Å². The van der Waals surface area contributed by atoms with E-state index in [1.807, 2.05) is 0 Å². The third-order valence-electron chi connectivity index (χ3n) is 3.44. The summed E-state index contributed by atoms with van der Waals surface area (Å²) in [5.74, 6) is 0.626. The van der Waals surface area contributed by atoms with E-state index in [1.54, 1.807) is 0 Å². The van der Waals surface area contributed by atoms with E-state index in [4.69, 9.17) is 0 Å². The van der Waals surface area contributed by atoms with Crippen LogP contribution in [0.25, 0.3) is 0 Å². The molecule has 0 N–H and O–H groups in total. The molecule has 0 bridgehead atoms. The van der Waals surface area contributed by atoms with Gasteiger partial charge in [-0.1, -0.05) is 68.5 Å². The molecule has 0 aromatic heterocycles. The zero-order valence-electron chi connectivity index (χ0n) is 9.48. The maximum Gasteiger partial charge on any atom is 0.0192 e.